The molecule has 1 atom stereocenters. The molecule has 0 spiro atoms. The Labute approximate surface area is 177 Å². The maximum Gasteiger partial charge on any atom is 0.306 e. The molecule has 1 N–H and O–H groups in total. The molecule has 158 valence electrons. The number of alkyl halides is 2. The maximum absolute atomic E-state index is 13.5. The second-order valence-electron chi connectivity index (χ2n) is 6.28. The number of halogens is 4. The first kappa shape index (κ1) is 21.9. The average Bonchev–Trinajstić information content (AvgIpc) is 3.06. The second-order valence-corrected chi connectivity index (χ2v) is 7.69. The number of nitro benzene ring substituents is 1. The van der Waals surface area contributed by atoms with Gasteiger partial charge >= 0.3 is 5.69 Å². The van der Waals surface area contributed by atoms with Gasteiger partial charge in [0, 0.05) is 19.0 Å². The van der Waals surface area contributed by atoms with Crippen molar-refractivity contribution in [2.45, 2.75) is 17.1 Å². The summed E-state index contributed by atoms with van der Waals surface area (Å²) in [4.78, 5) is 36.1. The summed E-state index contributed by atoms with van der Waals surface area (Å²) in [7, 11) is 0. The van der Waals surface area contributed by atoms with Gasteiger partial charge in [0.25, 0.3) is 5.76 Å². The monoisotopic (exact) mass is 459 g/mol. The fourth-order valence-corrected chi connectivity index (χ4v) is 3.91. The van der Waals surface area contributed by atoms with E-state index >= 15 is 0 Å². The first-order valence-corrected chi connectivity index (χ1v) is 9.71. The van der Waals surface area contributed by atoms with Crippen LogP contribution in [0.3, 0.4) is 0 Å². The van der Waals surface area contributed by atoms with Crippen molar-refractivity contribution in [3.8, 4) is 0 Å². The van der Waals surface area contributed by atoms with E-state index in [9.17, 15) is 32.9 Å². The number of nitro groups is 1. The van der Waals surface area contributed by atoms with Gasteiger partial charge in [0.05, 0.1) is 32.1 Å². The molecule has 1 aliphatic rings. The molecule has 2 aromatic carbocycles. The normalized spacial score (nSPS) is 16.2. The molecule has 2 amide bonds. The summed E-state index contributed by atoms with van der Waals surface area (Å²) < 4.78 is 39.1. The second kappa shape index (κ2) is 8.92. The number of rotatable bonds is 6. The predicted molar refractivity (Wildman–Crippen MR) is 105 cm³/mol. The molecule has 0 radical (unpaired) electrons. The zero-order valence-electron chi connectivity index (χ0n) is 15.0. The Morgan fingerprint density at radius 3 is 2.73 bits per heavy atom. The van der Waals surface area contributed by atoms with Gasteiger partial charge in [0.15, 0.2) is 0 Å². The van der Waals surface area contributed by atoms with Gasteiger partial charge in [-0.3, -0.25) is 19.7 Å². The SMILES string of the molecule is O=C(Nc1cccc(Cl)c1SC(F)F)C1CC(=O)N(c2ccc(F)c([N+](=O)[O-])c2)C1. The van der Waals surface area contributed by atoms with Gasteiger partial charge in [-0.2, -0.15) is 13.2 Å². The minimum Gasteiger partial charge on any atom is -0.325 e. The highest BCUT2D eigenvalue weighted by molar-refractivity contribution is 7.99. The standard InChI is InChI=1S/C18H13ClF3N3O4S/c19-11-2-1-3-13(16(11)30-18(21)22)23-17(27)9-6-15(26)24(8-9)10-4-5-12(20)14(7-10)25(28)29/h1-5,7,9,18H,6,8H2,(H,23,27). The van der Waals surface area contributed by atoms with Crippen molar-refractivity contribution in [1.29, 1.82) is 0 Å². The lowest BCUT2D eigenvalue weighted by Crippen LogP contribution is -2.28. The maximum atomic E-state index is 13.5. The lowest BCUT2D eigenvalue weighted by molar-refractivity contribution is -0.387. The van der Waals surface area contributed by atoms with Crippen LogP contribution in [0.15, 0.2) is 41.3 Å². The Hall–Kier alpha value is -2.79. The highest BCUT2D eigenvalue weighted by Gasteiger charge is 2.36. The first-order valence-electron chi connectivity index (χ1n) is 8.46. The van der Waals surface area contributed by atoms with Crippen molar-refractivity contribution in [3.63, 3.8) is 0 Å². The predicted octanol–water partition coefficient (Wildman–Crippen LogP) is 4.69. The quantitative estimate of drug-likeness (QED) is 0.384. The van der Waals surface area contributed by atoms with Crippen molar-refractivity contribution >= 4 is 52.2 Å². The molecule has 0 saturated carbocycles. The number of amides is 2. The van der Waals surface area contributed by atoms with Crippen LogP contribution in [0.5, 0.6) is 0 Å². The molecule has 1 unspecified atom stereocenters. The minimum atomic E-state index is -2.75. The van der Waals surface area contributed by atoms with Crippen molar-refractivity contribution in [1.82, 2.24) is 0 Å². The fraction of sp³-hybridized carbons (Fsp3) is 0.222. The third-order valence-corrected chi connectivity index (χ3v) is 5.65. The molecule has 12 heteroatoms. The van der Waals surface area contributed by atoms with Crippen LogP contribution in [0.1, 0.15) is 6.42 Å². The van der Waals surface area contributed by atoms with Gasteiger partial charge < -0.3 is 10.2 Å². The summed E-state index contributed by atoms with van der Waals surface area (Å²) in [5, 5.41) is 13.5. The highest BCUT2D eigenvalue weighted by Crippen LogP contribution is 2.38. The molecule has 30 heavy (non-hydrogen) atoms. The van der Waals surface area contributed by atoms with E-state index in [2.05, 4.69) is 5.32 Å². The molecule has 1 heterocycles. The summed E-state index contributed by atoms with van der Waals surface area (Å²) in [5.74, 6) is -5.72. The van der Waals surface area contributed by atoms with Crippen LogP contribution in [0.25, 0.3) is 0 Å². The van der Waals surface area contributed by atoms with Gasteiger partial charge in [-0.15, -0.1) is 0 Å². The number of hydrogen-bond acceptors (Lipinski definition) is 5. The Kier molecular flexibility index (Phi) is 6.52. The van der Waals surface area contributed by atoms with E-state index in [1.807, 2.05) is 0 Å². The molecule has 2 aromatic rings. The van der Waals surface area contributed by atoms with E-state index in [1.165, 1.54) is 24.3 Å². The van der Waals surface area contributed by atoms with Crippen molar-refractivity contribution < 1.29 is 27.7 Å². The molecule has 7 nitrogen and oxygen atoms in total. The summed E-state index contributed by atoms with van der Waals surface area (Å²) in [6.45, 7) is -0.106. The summed E-state index contributed by atoms with van der Waals surface area (Å²) in [6, 6.07) is 7.29. The third kappa shape index (κ3) is 4.68. The van der Waals surface area contributed by atoms with Crippen LogP contribution in [0.2, 0.25) is 5.02 Å². The molecule has 1 aliphatic heterocycles. The molecule has 1 fully saturated rings. The lowest BCUT2D eigenvalue weighted by atomic mass is 10.1. The largest absolute Gasteiger partial charge is 0.325 e. The number of hydrogen-bond donors (Lipinski definition) is 1. The van der Waals surface area contributed by atoms with E-state index in [0.29, 0.717) is 0 Å². The lowest BCUT2D eigenvalue weighted by Gasteiger charge is -2.17. The number of thioether (sulfide) groups is 1. The topological polar surface area (TPSA) is 92.6 Å². The zero-order chi connectivity index (χ0) is 22.0. The molecule has 1 saturated heterocycles. The van der Waals surface area contributed by atoms with E-state index in [4.69, 9.17) is 11.6 Å². The van der Waals surface area contributed by atoms with E-state index in [-0.39, 0.29) is 46.0 Å². The summed E-state index contributed by atoms with van der Waals surface area (Å²) in [5.41, 5.74) is -0.623. The minimum absolute atomic E-state index is 0.00199. The van der Waals surface area contributed by atoms with Gasteiger partial charge in [0.1, 0.15) is 0 Å². The van der Waals surface area contributed by atoms with E-state index in [1.54, 1.807) is 0 Å². The van der Waals surface area contributed by atoms with Crippen LogP contribution in [-0.2, 0) is 9.59 Å². The smallest absolute Gasteiger partial charge is 0.306 e. The number of benzene rings is 2. The van der Waals surface area contributed by atoms with Crippen molar-refractivity contribution in [3.05, 3.63) is 57.4 Å². The summed E-state index contributed by atoms with van der Waals surface area (Å²) in [6.07, 6.45) is -0.200. The van der Waals surface area contributed by atoms with Gasteiger partial charge in [-0.05, 0) is 24.3 Å². The van der Waals surface area contributed by atoms with E-state index < -0.39 is 39.9 Å². The molecule has 3 rings (SSSR count). The number of carbonyl (C=O) groups excluding carboxylic acids is 2. The Bertz CT molecular complexity index is 1020. The van der Waals surface area contributed by atoms with Crippen LogP contribution < -0.4 is 10.2 Å². The Morgan fingerprint density at radius 1 is 1.33 bits per heavy atom. The molecule has 0 aromatic heterocycles. The van der Waals surface area contributed by atoms with Crippen LogP contribution in [0, 0.1) is 21.8 Å². The van der Waals surface area contributed by atoms with Crippen LogP contribution >= 0.6 is 23.4 Å². The van der Waals surface area contributed by atoms with E-state index in [0.717, 1.165) is 17.0 Å². The average molecular weight is 460 g/mol. The zero-order valence-corrected chi connectivity index (χ0v) is 16.6. The van der Waals surface area contributed by atoms with Crippen molar-refractivity contribution in [2.24, 2.45) is 5.92 Å². The van der Waals surface area contributed by atoms with Crippen LogP contribution in [0.4, 0.5) is 30.2 Å². The summed E-state index contributed by atoms with van der Waals surface area (Å²) >= 11 is 6.13. The third-order valence-electron chi connectivity index (χ3n) is 4.37. The molecule has 0 aliphatic carbocycles. The number of nitrogens with zero attached hydrogens (tertiary/aromatic N) is 2. The Morgan fingerprint density at radius 2 is 2.07 bits per heavy atom. The molecule has 0 bridgehead atoms. The first-order chi connectivity index (χ1) is 14.2. The van der Waals surface area contributed by atoms with Crippen LogP contribution in [-0.4, -0.2) is 29.0 Å². The Balaban J connectivity index is 1.78. The number of nitrogens with one attached hydrogen (secondary N) is 1. The number of anilines is 2. The molecular weight excluding hydrogens is 447 g/mol. The van der Waals surface area contributed by atoms with Gasteiger partial charge in [-0.1, -0.05) is 29.4 Å². The van der Waals surface area contributed by atoms with Crippen molar-refractivity contribution in [2.75, 3.05) is 16.8 Å². The van der Waals surface area contributed by atoms with Gasteiger partial charge in [-0.25, -0.2) is 0 Å². The molecular formula is C18H13ClF3N3O4S. The fourth-order valence-electron chi connectivity index (χ4n) is 2.99. The van der Waals surface area contributed by atoms with Gasteiger partial charge in [0.2, 0.25) is 17.6 Å². The number of carbonyl (C=O) groups is 2. The highest BCUT2D eigenvalue weighted by atomic mass is 35.5.